The normalized spacial score (nSPS) is 21.4. The second-order valence-corrected chi connectivity index (χ2v) is 7.10. The van der Waals surface area contributed by atoms with Crippen molar-refractivity contribution in [3.8, 4) is 0 Å². The number of rotatable bonds is 4. The highest BCUT2D eigenvalue weighted by atomic mass is 19.1. The molecule has 25 heavy (non-hydrogen) atoms. The van der Waals surface area contributed by atoms with E-state index in [1.54, 1.807) is 12.1 Å². The van der Waals surface area contributed by atoms with Gasteiger partial charge in [0.1, 0.15) is 11.6 Å². The lowest BCUT2D eigenvalue weighted by Gasteiger charge is -2.27. The van der Waals surface area contributed by atoms with Gasteiger partial charge in [-0.15, -0.1) is 0 Å². The van der Waals surface area contributed by atoms with Crippen molar-refractivity contribution in [3.05, 3.63) is 53.9 Å². The van der Waals surface area contributed by atoms with Crippen LogP contribution in [0.25, 0.3) is 0 Å². The van der Waals surface area contributed by atoms with Gasteiger partial charge in [-0.25, -0.2) is 9.37 Å². The predicted molar refractivity (Wildman–Crippen MR) is 92.0 cm³/mol. The Kier molecular flexibility index (Phi) is 4.53. The maximum Gasteiger partial charge on any atom is 0.222 e. The van der Waals surface area contributed by atoms with Gasteiger partial charge in [-0.2, -0.15) is 0 Å². The van der Waals surface area contributed by atoms with Crippen LogP contribution in [0, 0.1) is 11.7 Å². The zero-order valence-electron chi connectivity index (χ0n) is 14.3. The molecule has 132 valence electrons. The van der Waals surface area contributed by atoms with Gasteiger partial charge in [0.2, 0.25) is 5.91 Å². The summed E-state index contributed by atoms with van der Waals surface area (Å²) >= 11 is 0. The fourth-order valence-electron chi connectivity index (χ4n) is 3.96. The first kappa shape index (κ1) is 16.3. The third-order valence-electron chi connectivity index (χ3n) is 5.08. The Morgan fingerprint density at radius 2 is 2.20 bits per heavy atom. The van der Waals surface area contributed by atoms with Crippen molar-refractivity contribution < 1.29 is 9.18 Å². The molecule has 0 aliphatic carbocycles. The molecule has 0 radical (unpaired) electrons. The van der Waals surface area contributed by atoms with Gasteiger partial charge < -0.3 is 9.47 Å². The van der Waals surface area contributed by atoms with E-state index in [9.17, 15) is 9.18 Å². The first-order chi connectivity index (χ1) is 12.2. The van der Waals surface area contributed by atoms with E-state index < -0.39 is 0 Å². The standard InChI is InChI=1S/C19H23FN4O/c20-17-4-1-3-15(9-17)10-22-11-16(13-24-7-2-5-19(24)25)12-23-8-6-21-18(23)14-22/h1,3-4,6,8-9,16H,2,5,7,10-14H2/t16-/m1/s1. The smallest absolute Gasteiger partial charge is 0.222 e. The number of nitrogens with zero attached hydrogens (tertiary/aromatic N) is 4. The molecule has 2 aliphatic heterocycles. The van der Waals surface area contributed by atoms with Crippen molar-refractivity contribution in [2.24, 2.45) is 5.92 Å². The Labute approximate surface area is 147 Å². The second kappa shape index (κ2) is 6.96. The zero-order chi connectivity index (χ0) is 17.2. The van der Waals surface area contributed by atoms with Gasteiger partial charge in [-0.1, -0.05) is 12.1 Å². The van der Waals surface area contributed by atoms with Gasteiger partial charge in [-0.05, 0) is 24.1 Å². The number of carbonyl (C=O) groups excluding carboxylic acids is 1. The highest BCUT2D eigenvalue weighted by Crippen LogP contribution is 2.21. The monoisotopic (exact) mass is 342 g/mol. The lowest BCUT2D eigenvalue weighted by atomic mass is 10.1. The van der Waals surface area contributed by atoms with Crippen molar-refractivity contribution in [2.45, 2.75) is 32.5 Å². The molecule has 0 bridgehead atoms. The van der Waals surface area contributed by atoms with Gasteiger partial charge in [0.05, 0.1) is 6.54 Å². The highest BCUT2D eigenvalue weighted by Gasteiger charge is 2.27. The average Bonchev–Trinajstić information content (AvgIpc) is 3.13. The van der Waals surface area contributed by atoms with E-state index >= 15 is 0 Å². The third kappa shape index (κ3) is 3.74. The lowest BCUT2D eigenvalue weighted by Crippen LogP contribution is -2.37. The van der Waals surface area contributed by atoms with E-state index in [-0.39, 0.29) is 11.7 Å². The third-order valence-corrected chi connectivity index (χ3v) is 5.08. The Hall–Kier alpha value is -2.21. The minimum atomic E-state index is -0.201. The molecule has 0 saturated carbocycles. The molecule has 0 spiro atoms. The van der Waals surface area contributed by atoms with E-state index in [4.69, 9.17) is 0 Å². The van der Waals surface area contributed by atoms with Crippen molar-refractivity contribution in [2.75, 3.05) is 19.6 Å². The number of hydrogen-bond donors (Lipinski definition) is 0. The quantitative estimate of drug-likeness (QED) is 0.856. The highest BCUT2D eigenvalue weighted by molar-refractivity contribution is 5.78. The molecule has 2 aromatic rings. The molecule has 1 saturated heterocycles. The van der Waals surface area contributed by atoms with Crippen LogP contribution in [-0.2, 0) is 24.4 Å². The van der Waals surface area contributed by atoms with Crippen molar-refractivity contribution >= 4 is 5.91 Å². The van der Waals surface area contributed by atoms with Crippen LogP contribution in [0.1, 0.15) is 24.2 Å². The number of amides is 1. The summed E-state index contributed by atoms with van der Waals surface area (Å²) in [7, 11) is 0. The van der Waals surface area contributed by atoms with Crippen LogP contribution in [-0.4, -0.2) is 44.9 Å². The number of likely N-dealkylation sites (tertiary alicyclic amines) is 1. The molecule has 6 heteroatoms. The molecule has 1 fully saturated rings. The molecule has 0 N–H and O–H groups in total. The number of hydrogen-bond acceptors (Lipinski definition) is 3. The SMILES string of the molecule is O=C1CCCN1C[C@@H]1CN(Cc2cccc(F)c2)Cc2nccn2C1. The number of halogens is 1. The summed E-state index contributed by atoms with van der Waals surface area (Å²) in [5, 5.41) is 0. The summed E-state index contributed by atoms with van der Waals surface area (Å²) in [6.07, 6.45) is 5.49. The predicted octanol–water partition coefficient (Wildman–Crippen LogP) is 2.28. The number of benzene rings is 1. The summed E-state index contributed by atoms with van der Waals surface area (Å²) < 4.78 is 15.7. The molecule has 1 aromatic heterocycles. The minimum absolute atomic E-state index is 0.201. The van der Waals surface area contributed by atoms with Crippen LogP contribution in [0.5, 0.6) is 0 Å². The molecule has 1 atom stereocenters. The first-order valence-corrected chi connectivity index (χ1v) is 8.92. The number of fused-ring (bicyclic) bond motifs is 1. The van der Waals surface area contributed by atoms with E-state index in [0.717, 1.165) is 50.5 Å². The molecule has 3 heterocycles. The van der Waals surface area contributed by atoms with Crippen molar-refractivity contribution in [1.29, 1.82) is 0 Å². The Morgan fingerprint density at radius 3 is 3.00 bits per heavy atom. The summed E-state index contributed by atoms with van der Waals surface area (Å²) in [4.78, 5) is 20.8. The van der Waals surface area contributed by atoms with Crippen LogP contribution in [0.15, 0.2) is 36.7 Å². The molecule has 1 aromatic carbocycles. The first-order valence-electron chi connectivity index (χ1n) is 8.92. The topological polar surface area (TPSA) is 41.4 Å². The van der Waals surface area contributed by atoms with Crippen LogP contribution in [0.3, 0.4) is 0 Å². The largest absolute Gasteiger partial charge is 0.342 e. The summed E-state index contributed by atoms with van der Waals surface area (Å²) in [6, 6.07) is 6.78. The Bertz CT molecular complexity index is 759. The summed E-state index contributed by atoms with van der Waals surface area (Å²) in [5.41, 5.74) is 0.969. The molecule has 2 aliphatic rings. The number of aromatic nitrogens is 2. The van der Waals surface area contributed by atoms with E-state index in [0.29, 0.717) is 18.9 Å². The molecule has 0 unspecified atom stereocenters. The van der Waals surface area contributed by atoms with Crippen molar-refractivity contribution in [1.82, 2.24) is 19.4 Å². The minimum Gasteiger partial charge on any atom is -0.342 e. The second-order valence-electron chi connectivity index (χ2n) is 7.10. The average molecular weight is 342 g/mol. The molecule has 5 nitrogen and oxygen atoms in total. The maximum absolute atomic E-state index is 13.5. The fraction of sp³-hybridized carbons (Fsp3) is 0.474. The fourth-order valence-corrected chi connectivity index (χ4v) is 3.96. The Balaban J connectivity index is 1.51. The van der Waals surface area contributed by atoms with Crippen LogP contribution in [0.2, 0.25) is 0 Å². The molecular formula is C19H23FN4O. The van der Waals surface area contributed by atoms with Gasteiger partial charge in [0.15, 0.2) is 0 Å². The summed E-state index contributed by atoms with van der Waals surface area (Å²) in [5.74, 6) is 1.46. The van der Waals surface area contributed by atoms with Gasteiger partial charge >= 0.3 is 0 Å². The molecular weight excluding hydrogens is 319 g/mol. The van der Waals surface area contributed by atoms with Gasteiger partial charge in [0.25, 0.3) is 0 Å². The zero-order valence-corrected chi connectivity index (χ0v) is 14.3. The Morgan fingerprint density at radius 1 is 1.28 bits per heavy atom. The lowest BCUT2D eigenvalue weighted by molar-refractivity contribution is -0.128. The molecule has 1 amide bonds. The van der Waals surface area contributed by atoms with Crippen LogP contribution < -0.4 is 0 Å². The number of imidazole rings is 1. The molecule has 4 rings (SSSR count). The van der Waals surface area contributed by atoms with Gasteiger partial charge in [-0.3, -0.25) is 9.69 Å². The van der Waals surface area contributed by atoms with E-state index in [1.807, 2.05) is 23.4 Å². The maximum atomic E-state index is 13.5. The summed E-state index contributed by atoms with van der Waals surface area (Å²) in [6.45, 7) is 4.84. The van der Waals surface area contributed by atoms with E-state index in [1.165, 1.54) is 6.07 Å². The van der Waals surface area contributed by atoms with E-state index in [2.05, 4.69) is 14.5 Å². The van der Waals surface area contributed by atoms with Gasteiger partial charge in [0, 0.05) is 57.5 Å². The van der Waals surface area contributed by atoms with Crippen LogP contribution in [0.4, 0.5) is 4.39 Å². The van der Waals surface area contributed by atoms with Crippen molar-refractivity contribution in [3.63, 3.8) is 0 Å². The van der Waals surface area contributed by atoms with Crippen LogP contribution >= 0.6 is 0 Å². The number of carbonyl (C=O) groups is 1.